The molecule has 0 aliphatic carbocycles. The van der Waals surface area contributed by atoms with Crippen molar-refractivity contribution < 1.29 is 17.9 Å². The number of anilines is 1. The van der Waals surface area contributed by atoms with Gasteiger partial charge in [-0.1, -0.05) is 34.1 Å². The van der Waals surface area contributed by atoms with E-state index in [9.17, 15) is 13.2 Å². The summed E-state index contributed by atoms with van der Waals surface area (Å²) in [5, 5.41) is 3.98. The summed E-state index contributed by atoms with van der Waals surface area (Å²) in [5.41, 5.74) is 3.56. The van der Waals surface area contributed by atoms with Crippen LogP contribution in [0.2, 0.25) is 0 Å². The average molecular weight is 560 g/mol. The van der Waals surface area contributed by atoms with E-state index in [0.717, 1.165) is 31.6 Å². The maximum absolute atomic E-state index is 13.3. The number of carbonyl (C=O) groups excluding carboxylic acids is 1. The van der Waals surface area contributed by atoms with Crippen LogP contribution in [0, 0.1) is 0 Å². The Morgan fingerprint density at radius 3 is 2.35 bits per heavy atom. The van der Waals surface area contributed by atoms with E-state index in [1.54, 1.807) is 42.5 Å². The third kappa shape index (κ3) is 6.19. The second-order valence-electron chi connectivity index (χ2n) is 7.44. The largest absolute Gasteiger partial charge is 0.489 e. The second kappa shape index (κ2) is 11.1. The molecule has 1 aliphatic heterocycles. The first-order valence-electron chi connectivity index (χ1n) is 10.4. The molecule has 1 fully saturated rings. The van der Waals surface area contributed by atoms with Crippen molar-refractivity contribution in [3.63, 3.8) is 0 Å². The van der Waals surface area contributed by atoms with E-state index >= 15 is 0 Å². The highest BCUT2D eigenvalue weighted by Crippen LogP contribution is 2.25. The summed E-state index contributed by atoms with van der Waals surface area (Å²) in [7, 11) is -3.96. The first-order chi connectivity index (χ1) is 16.4. The Balaban J connectivity index is 1.43. The van der Waals surface area contributed by atoms with Crippen molar-refractivity contribution in [2.75, 3.05) is 22.4 Å². The van der Waals surface area contributed by atoms with Crippen LogP contribution < -0.4 is 14.5 Å². The Labute approximate surface area is 211 Å². The van der Waals surface area contributed by atoms with Gasteiger partial charge in [-0.05, 0) is 66.2 Å². The normalized spacial score (nSPS) is 13.9. The van der Waals surface area contributed by atoms with Gasteiger partial charge in [0.1, 0.15) is 18.4 Å². The molecule has 0 spiro atoms. The summed E-state index contributed by atoms with van der Waals surface area (Å²) in [6.07, 6.45) is 1.76. The zero-order valence-electron chi connectivity index (χ0n) is 18.0. The van der Waals surface area contributed by atoms with Crippen LogP contribution in [0.15, 0.2) is 93.3 Å². The molecule has 0 aromatic heterocycles. The average Bonchev–Trinajstić information content (AvgIpc) is 2.82. The standard InChI is InChI=1S/C24H22BrN3O4S2/c25-19-8-10-20(11-9-19)28(34(30,31)23-4-2-1-3-5-23)15-24(29)27-26-14-18-6-12-21(13-7-18)32-22-16-33-17-22/h1-14,22H,15-17H2,(H,27,29). The molecule has 3 aromatic rings. The predicted molar refractivity (Wildman–Crippen MR) is 139 cm³/mol. The fourth-order valence-electron chi connectivity index (χ4n) is 3.09. The maximum Gasteiger partial charge on any atom is 0.264 e. The summed E-state index contributed by atoms with van der Waals surface area (Å²) in [6.45, 7) is -0.428. The Morgan fingerprint density at radius 1 is 1.06 bits per heavy atom. The molecular formula is C24H22BrN3O4S2. The molecule has 34 heavy (non-hydrogen) atoms. The summed E-state index contributed by atoms with van der Waals surface area (Å²) in [4.78, 5) is 12.7. The third-order valence-corrected chi connectivity index (χ3v) is 8.46. The number of amides is 1. The fraction of sp³-hybridized carbons (Fsp3) is 0.167. The van der Waals surface area contributed by atoms with Crippen molar-refractivity contribution in [1.29, 1.82) is 0 Å². The van der Waals surface area contributed by atoms with E-state index in [-0.39, 0.29) is 11.0 Å². The van der Waals surface area contributed by atoms with Gasteiger partial charge in [-0.3, -0.25) is 9.10 Å². The van der Waals surface area contributed by atoms with Crippen LogP contribution in [-0.2, 0) is 14.8 Å². The Bertz CT molecular complexity index is 1250. The number of sulfonamides is 1. The zero-order chi connectivity index (χ0) is 24.0. The van der Waals surface area contributed by atoms with Crippen LogP contribution >= 0.6 is 27.7 Å². The van der Waals surface area contributed by atoms with Gasteiger partial charge in [-0.2, -0.15) is 16.9 Å². The molecule has 3 aromatic carbocycles. The molecule has 1 saturated heterocycles. The highest BCUT2D eigenvalue weighted by Gasteiger charge is 2.27. The van der Waals surface area contributed by atoms with E-state index in [1.165, 1.54) is 18.3 Å². The zero-order valence-corrected chi connectivity index (χ0v) is 21.2. The second-order valence-corrected chi connectivity index (χ2v) is 11.3. The molecule has 176 valence electrons. The SMILES string of the molecule is O=C(CN(c1ccc(Br)cc1)S(=O)(=O)c1ccccc1)NN=Cc1ccc(OC2CSC2)cc1. The van der Waals surface area contributed by atoms with Crippen molar-refractivity contribution in [2.45, 2.75) is 11.0 Å². The number of halogens is 1. The quantitative estimate of drug-likeness (QED) is 0.312. The summed E-state index contributed by atoms with van der Waals surface area (Å²) >= 11 is 5.20. The molecular weight excluding hydrogens is 538 g/mol. The van der Waals surface area contributed by atoms with Crippen molar-refractivity contribution >= 4 is 55.5 Å². The molecule has 4 rings (SSSR count). The lowest BCUT2D eigenvalue weighted by molar-refractivity contribution is -0.119. The minimum atomic E-state index is -3.96. The van der Waals surface area contributed by atoms with Gasteiger partial charge in [0.2, 0.25) is 0 Å². The van der Waals surface area contributed by atoms with Crippen LogP contribution in [0.5, 0.6) is 5.75 Å². The number of thioether (sulfide) groups is 1. The van der Waals surface area contributed by atoms with Crippen LogP contribution in [-0.4, -0.2) is 44.7 Å². The molecule has 0 atom stereocenters. The van der Waals surface area contributed by atoms with Crippen LogP contribution in [0.3, 0.4) is 0 Å². The van der Waals surface area contributed by atoms with Gasteiger partial charge in [-0.15, -0.1) is 0 Å². The lowest BCUT2D eigenvalue weighted by Crippen LogP contribution is -2.39. The molecule has 1 amide bonds. The molecule has 1 aliphatic rings. The monoisotopic (exact) mass is 559 g/mol. The summed E-state index contributed by atoms with van der Waals surface area (Å²) < 4.78 is 34.2. The van der Waals surface area contributed by atoms with Gasteiger partial charge in [0.25, 0.3) is 15.9 Å². The third-order valence-electron chi connectivity index (χ3n) is 4.93. The molecule has 0 bridgehead atoms. The Morgan fingerprint density at radius 2 is 1.74 bits per heavy atom. The van der Waals surface area contributed by atoms with Crippen molar-refractivity contribution in [3.05, 3.63) is 88.9 Å². The molecule has 0 radical (unpaired) electrons. The van der Waals surface area contributed by atoms with E-state index in [0.29, 0.717) is 5.69 Å². The number of ether oxygens (including phenoxy) is 1. The maximum atomic E-state index is 13.3. The van der Waals surface area contributed by atoms with Gasteiger partial charge < -0.3 is 4.74 Å². The smallest absolute Gasteiger partial charge is 0.264 e. The highest BCUT2D eigenvalue weighted by atomic mass is 79.9. The Kier molecular flexibility index (Phi) is 7.91. The molecule has 1 heterocycles. The summed E-state index contributed by atoms with van der Waals surface area (Å²) in [6, 6.07) is 22.1. The van der Waals surface area contributed by atoms with Crippen molar-refractivity contribution in [3.8, 4) is 5.75 Å². The van der Waals surface area contributed by atoms with Crippen LogP contribution in [0.4, 0.5) is 5.69 Å². The van der Waals surface area contributed by atoms with E-state index in [4.69, 9.17) is 4.74 Å². The predicted octanol–water partition coefficient (Wildman–Crippen LogP) is 4.29. The minimum absolute atomic E-state index is 0.0945. The number of benzene rings is 3. The Hall–Kier alpha value is -2.82. The number of rotatable bonds is 9. The molecule has 0 saturated carbocycles. The number of carbonyl (C=O) groups is 1. The summed E-state index contributed by atoms with van der Waals surface area (Å²) in [5.74, 6) is 2.24. The number of hydrazone groups is 1. The van der Waals surface area contributed by atoms with Gasteiger partial charge in [0.15, 0.2) is 0 Å². The molecule has 0 unspecified atom stereocenters. The molecule has 1 N–H and O–H groups in total. The number of nitrogens with zero attached hydrogens (tertiary/aromatic N) is 2. The first-order valence-corrected chi connectivity index (χ1v) is 13.8. The van der Waals surface area contributed by atoms with Crippen molar-refractivity contribution in [1.82, 2.24) is 5.43 Å². The number of hydrogen-bond acceptors (Lipinski definition) is 6. The number of nitrogens with one attached hydrogen (secondary N) is 1. The fourth-order valence-corrected chi connectivity index (χ4v) is 5.36. The lowest BCUT2D eigenvalue weighted by atomic mass is 10.2. The van der Waals surface area contributed by atoms with Gasteiger partial charge in [0.05, 0.1) is 16.8 Å². The molecule has 7 nitrogen and oxygen atoms in total. The minimum Gasteiger partial charge on any atom is -0.489 e. The van der Waals surface area contributed by atoms with Crippen molar-refractivity contribution in [2.24, 2.45) is 5.10 Å². The van der Waals surface area contributed by atoms with Gasteiger partial charge >= 0.3 is 0 Å². The highest BCUT2D eigenvalue weighted by molar-refractivity contribution is 9.10. The molecule has 10 heteroatoms. The van der Waals surface area contributed by atoms with E-state index < -0.39 is 22.5 Å². The topological polar surface area (TPSA) is 88.1 Å². The van der Waals surface area contributed by atoms with Crippen LogP contribution in [0.25, 0.3) is 0 Å². The lowest BCUT2D eigenvalue weighted by Gasteiger charge is -2.25. The van der Waals surface area contributed by atoms with Gasteiger partial charge in [-0.25, -0.2) is 13.8 Å². The van der Waals surface area contributed by atoms with Crippen LogP contribution in [0.1, 0.15) is 5.56 Å². The van der Waals surface area contributed by atoms with Gasteiger partial charge in [0, 0.05) is 16.0 Å². The number of hydrogen-bond donors (Lipinski definition) is 1. The first kappa shape index (κ1) is 24.3. The van der Waals surface area contributed by atoms with E-state index in [2.05, 4.69) is 26.5 Å². The van der Waals surface area contributed by atoms with E-state index in [1.807, 2.05) is 36.0 Å².